The molecule has 3 heterocycles. The minimum absolute atomic E-state index is 0.244. The summed E-state index contributed by atoms with van der Waals surface area (Å²) in [6, 6.07) is 15.8. The fourth-order valence-electron chi connectivity index (χ4n) is 3.57. The molecule has 0 unspecified atom stereocenters. The van der Waals surface area contributed by atoms with E-state index in [1.165, 1.54) is 16.7 Å². The molecule has 1 aliphatic rings. The van der Waals surface area contributed by atoms with Gasteiger partial charge >= 0.3 is 0 Å². The number of amides is 2. The lowest BCUT2D eigenvalue weighted by Crippen LogP contribution is -2.31. The van der Waals surface area contributed by atoms with Gasteiger partial charge < -0.3 is 0 Å². The predicted octanol–water partition coefficient (Wildman–Crippen LogP) is 5.02. The lowest BCUT2D eigenvalue weighted by Gasteiger charge is -2.14. The SMILES string of the molecule is O=C1c2ccccc2C(=O)N1CCSc1nnc(-c2cccnc2)n1-c1ccc(Cl)c(Cl)c1. The molecule has 2 aromatic carbocycles. The smallest absolute Gasteiger partial charge is 0.261 e. The molecule has 1 aliphatic heterocycles. The second-order valence-electron chi connectivity index (χ2n) is 7.14. The third-order valence-electron chi connectivity index (χ3n) is 5.14. The molecule has 7 nitrogen and oxygen atoms in total. The minimum atomic E-state index is -0.279. The van der Waals surface area contributed by atoms with Crippen molar-refractivity contribution in [3.63, 3.8) is 0 Å². The van der Waals surface area contributed by atoms with Gasteiger partial charge in [0.25, 0.3) is 11.8 Å². The van der Waals surface area contributed by atoms with E-state index in [0.717, 1.165) is 11.3 Å². The van der Waals surface area contributed by atoms with E-state index in [4.69, 9.17) is 23.2 Å². The summed E-state index contributed by atoms with van der Waals surface area (Å²) in [6.07, 6.45) is 3.38. The van der Waals surface area contributed by atoms with Gasteiger partial charge in [-0.1, -0.05) is 47.1 Å². The Labute approximate surface area is 203 Å². The summed E-state index contributed by atoms with van der Waals surface area (Å²) in [4.78, 5) is 30.7. The van der Waals surface area contributed by atoms with E-state index in [-0.39, 0.29) is 18.4 Å². The zero-order valence-corrected chi connectivity index (χ0v) is 19.3. The van der Waals surface area contributed by atoms with Gasteiger partial charge in [-0.05, 0) is 42.5 Å². The van der Waals surface area contributed by atoms with Crippen LogP contribution in [0.1, 0.15) is 20.7 Å². The first kappa shape index (κ1) is 21.6. The molecule has 0 radical (unpaired) electrons. The van der Waals surface area contributed by atoms with E-state index < -0.39 is 0 Å². The van der Waals surface area contributed by atoms with Crippen LogP contribution in [0.2, 0.25) is 10.0 Å². The molecule has 2 amide bonds. The number of thioether (sulfide) groups is 1. The lowest BCUT2D eigenvalue weighted by atomic mass is 10.1. The van der Waals surface area contributed by atoms with Gasteiger partial charge in [-0.3, -0.25) is 24.0 Å². The van der Waals surface area contributed by atoms with Crippen molar-refractivity contribution in [1.82, 2.24) is 24.6 Å². The zero-order chi connectivity index (χ0) is 22.9. The van der Waals surface area contributed by atoms with Crippen molar-refractivity contribution in [3.8, 4) is 17.1 Å². The van der Waals surface area contributed by atoms with Crippen LogP contribution in [0.4, 0.5) is 0 Å². The largest absolute Gasteiger partial charge is 0.273 e. The van der Waals surface area contributed by atoms with Crippen LogP contribution in [-0.2, 0) is 0 Å². The Morgan fingerprint density at radius 2 is 1.64 bits per heavy atom. The number of fused-ring (bicyclic) bond motifs is 1. The fourth-order valence-corrected chi connectivity index (χ4v) is 4.74. The van der Waals surface area contributed by atoms with Crippen LogP contribution >= 0.6 is 35.0 Å². The topological polar surface area (TPSA) is 81.0 Å². The maximum Gasteiger partial charge on any atom is 0.261 e. The number of halogens is 2. The highest BCUT2D eigenvalue weighted by Gasteiger charge is 2.34. The molecule has 0 N–H and O–H groups in total. The Morgan fingerprint density at radius 3 is 2.30 bits per heavy atom. The van der Waals surface area contributed by atoms with Gasteiger partial charge in [0.15, 0.2) is 11.0 Å². The molecule has 5 rings (SSSR count). The summed E-state index contributed by atoms with van der Waals surface area (Å²) in [5.41, 5.74) is 2.38. The number of aromatic nitrogens is 4. The second-order valence-corrected chi connectivity index (χ2v) is 9.01. The average molecular weight is 496 g/mol. The molecular weight excluding hydrogens is 481 g/mol. The summed E-state index contributed by atoms with van der Waals surface area (Å²) in [5.74, 6) is 0.471. The molecule has 0 saturated heterocycles. The van der Waals surface area contributed by atoms with Crippen molar-refractivity contribution in [2.45, 2.75) is 5.16 Å². The summed E-state index contributed by atoms with van der Waals surface area (Å²) < 4.78 is 1.85. The van der Waals surface area contributed by atoms with Crippen LogP contribution in [0.25, 0.3) is 17.1 Å². The maximum atomic E-state index is 12.6. The van der Waals surface area contributed by atoms with Crippen LogP contribution in [-0.4, -0.2) is 48.8 Å². The Balaban J connectivity index is 1.42. The molecule has 0 aliphatic carbocycles. The molecule has 0 bridgehead atoms. The molecule has 0 saturated carbocycles. The first-order chi connectivity index (χ1) is 16.0. The summed E-state index contributed by atoms with van der Waals surface area (Å²) in [5, 5.41) is 10.1. The van der Waals surface area contributed by atoms with E-state index in [1.54, 1.807) is 48.8 Å². The number of hydrogen-bond donors (Lipinski definition) is 0. The molecule has 164 valence electrons. The number of benzene rings is 2. The molecule has 4 aromatic rings. The van der Waals surface area contributed by atoms with Crippen molar-refractivity contribution < 1.29 is 9.59 Å². The molecule has 0 spiro atoms. The normalized spacial score (nSPS) is 13.0. The molecule has 2 aromatic heterocycles. The molecular formula is C23H15Cl2N5O2S. The number of carbonyl (C=O) groups is 2. The number of nitrogens with zero attached hydrogens (tertiary/aromatic N) is 5. The van der Waals surface area contributed by atoms with Gasteiger partial charge in [-0.25, -0.2) is 0 Å². The van der Waals surface area contributed by atoms with E-state index in [0.29, 0.717) is 37.9 Å². The van der Waals surface area contributed by atoms with Crippen molar-refractivity contribution in [2.75, 3.05) is 12.3 Å². The number of carbonyl (C=O) groups excluding carboxylic acids is 2. The third kappa shape index (κ3) is 4.01. The van der Waals surface area contributed by atoms with E-state index in [9.17, 15) is 9.59 Å². The molecule has 0 atom stereocenters. The van der Waals surface area contributed by atoms with Crippen LogP contribution in [0.3, 0.4) is 0 Å². The predicted molar refractivity (Wildman–Crippen MR) is 127 cm³/mol. The molecule has 0 fully saturated rings. The van der Waals surface area contributed by atoms with Gasteiger partial charge in [0.2, 0.25) is 0 Å². The Hall–Kier alpha value is -3.20. The minimum Gasteiger partial charge on any atom is -0.273 e. The van der Waals surface area contributed by atoms with Crippen molar-refractivity contribution >= 4 is 46.8 Å². The Morgan fingerprint density at radius 1 is 0.879 bits per heavy atom. The molecule has 10 heteroatoms. The highest BCUT2D eigenvalue weighted by atomic mass is 35.5. The third-order valence-corrected chi connectivity index (χ3v) is 6.79. The first-order valence-electron chi connectivity index (χ1n) is 9.94. The Bertz CT molecular complexity index is 1340. The van der Waals surface area contributed by atoms with Gasteiger partial charge in [0, 0.05) is 30.3 Å². The summed E-state index contributed by atoms with van der Waals surface area (Å²) in [6.45, 7) is 0.244. The number of imide groups is 1. The van der Waals surface area contributed by atoms with Crippen LogP contribution in [0, 0.1) is 0 Å². The average Bonchev–Trinajstić information content (AvgIpc) is 3.36. The highest BCUT2D eigenvalue weighted by Crippen LogP contribution is 2.31. The van der Waals surface area contributed by atoms with E-state index in [1.807, 2.05) is 22.8 Å². The van der Waals surface area contributed by atoms with Crippen LogP contribution in [0.15, 0.2) is 72.1 Å². The van der Waals surface area contributed by atoms with Crippen molar-refractivity contribution in [3.05, 3.63) is 88.2 Å². The second kappa shape index (κ2) is 8.97. The number of rotatable bonds is 6. The monoisotopic (exact) mass is 495 g/mol. The van der Waals surface area contributed by atoms with Gasteiger partial charge in [0.1, 0.15) is 0 Å². The standard InChI is InChI=1S/C23H15Cl2N5O2S/c24-18-8-7-15(12-19(18)25)30-20(14-4-3-9-26-13-14)27-28-23(30)33-11-10-29-21(31)16-5-1-2-6-17(16)22(29)32/h1-9,12-13H,10-11H2. The quantitative estimate of drug-likeness (QED) is 0.275. The zero-order valence-electron chi connectivity index (χ0n) is 17.0. The highest BCUT2D eigenvalue weighted by molar-refractivity contribution is 7.99. The Kier molecular flexibility index (Phi) is 5.88. The molecule has 33 heavy (non-hydrogen) atoms. The van der Waals surface area contributed by atoms with Gasteiger partial charge in [0.05, 0.1) is 26.9 Å². The summed E-state index contributed by atoms with van der Waals surface area (Å²) in [7, 11) is 0. The van der Waals surface area contributed by atoms with Gasteiger partial charge in [-0.2, -0.15) is 0 Å². The van der Waals surface area contributed by atoms with Crippen molar-refractivity contribution in [1.29, 1.82) is 0 Å². The number of hydrogen-bond acceptors (Lipinski definition) is 6. The summed E-state index contributed by atoms with van der Waals surface area (Å²) >= 11 is 13.7. The van der Waals surface area contributed by atoms with E-state index in [2.05, 4.69) is 15.2 Å². The van der Waals surface area contributed by atoms with Crippen molar-refractivity contribution in [2.24, 2.45) is 0 Å². The number of pyridine rings is 1. The van der Waals surface area contributed by atoms with Crippen LogP contribution < -0.4 is 0 Å². The first-order valence-corrected chi connectivity index (χ1v) is 11.7. The van der Waals surface area contributed by atoms with Crippen LogP contribution in [0.5, 0.6) is 0 Å². The lowest BCUT2D eigenvalue weighted by molar-refractivity contribution is 0.0664. The maximum absolute atomic E-state index is 12.6. The van der Waals surface area contributed by atoms with Gasteiger partial charge in [-0.15, -0.1) is 10.2 Å². The van der Waals surface area contributed by atoms with E-state index >= 15 is 0 Å². The fraction of sp³-hybridized carbons (Fsp3) is 0.0870.